The molecule has 0 unspecified atom stereocenters. The van der Waals surface area contributed by atoms with E-state index in [1.54, 1.807) is 29.2 Å². The van der Waals surface area contributed by atoms with Crippen LogP contribution in [-0.4, -0.2) is 66.5 Å². The number of hydrogen-bond acceptors (Lipinski definition) is 4. The lowest BCUT2D eigenvalue weighted by Gasteiger charge is -2.47. The summed E-state index contributed by atoms with van der Waals surface area (Å²) in [5, 5.41) is 0.613. The first-order valence-corrected chi connectivity index (χ1v) is 8.57. The zero-order valence-corrected chi connectivity index (χ0v) is 14.3. The lowest BCUT2D eigenvalue weighted by atomic mass is 9.89. The van der Waals surface area contributed by atoms with Crippen LogP contribution < -0.4 is 5.73 Å². The Bertz CT molecular complexity index is 612. The molecule has 24 heavy (non-hydrogen) atoms. The van der Waals surface area contributed by atoms with Gasteiger partial charge >= 0.3 is 0 Å². The first-order chi connectivity index (χ1) is 11.5. The Hall–Kier alpha value is -1.63. The van der Waals surface area contributed by atoms with E-state index in [-0.39, 0.29) is 24.0 Å². The van der Waals surface area contributed by atoms with Gasteiger partial charge in [-0.2, -0.15) is 0 Å². The van der Waals surface area contributed by atoms with Crippen molar-refractivity contribution in [3.63, 3.8) is 0 Å². The van der Waals surface area contributed by atoms with Crippen molar-refractivity contribution in [2.75, 3.05) is 39.3 Å². The molecule has 6 nitrogen and oxygen atoms in total. The zero-order valence-electron chi connectivity index (χ0n) is 13.5. The van der Waals surface area contributed by atoms with Crippen molar-refractivity contribution in [3.8, 4) is 0 Å². The van der Waals surface area contributed by atoms with Gasteiger partial charge in [0.1, 0.15) is 0 Å². The van der Waals surface area contributed by atoms with E-state index >= 15 is 0 Å². The Labute approximate surface area is 146 Å². The minimum Gasteiger partial charge on any atom is -0.371 e. The van der Waals surface area contributed by atoms with E-state index in [1.807, 2.05) is 4.90 Å². The van der Waals surface area contributed by atoms with E-state index in [9.17, 15) is 9.59 Å². The number of nitrogens with zero attached hydrogens (tertiary/aromatic N) is 2. The number of ether oxygens (including phenoxy) is 1. The molecule has 2 amide bonds. The SMILES string of the molecule is NCC(=O)N1CCC2(CC1)CN(C(=O)c1ccc(Cl)cc1)CCO2. The van der Waals surface area contributed by atoms with Gasteiger partial charge in [0.15, 0.2) is 0 Å². The highest BCUT2D eigenvalue weighted by Gasteiger charge is 2.41. The lowest BCUT2D eigenvalue weighted by Crippen LogP contribution is -2.59. The van der Waals surface area contributed by atoms with Crippen LogP contribution in [0.25, 0.3) is 0 Å². The number of amides is 2. The number of halogens is 1. The van der Waals surface area contributed by atoms with Gasteiger partial charge < -0.3 is 20.3 Å². The van der Waals surface area contributed by atoms with Crippen LogP contribution >= 0.6 is 11.6 Å². The van der Waals surface area contributed by atoms with Gasteiger partial charge in [-0.05, 0) is 37.1 Å². The Morgan fingerprint density at radius 1 is 1.12 bits per heavy atom. The fourth-order valence-electron chi connectivity index (χ4n) is 3.39. The molecule has 2 saturated heterocycles. The molecule has 0 saturated carbocycles. The van der Waals surface area contributed by atoms with Crippen LogP contribution in [0.2, 0.25) is 5.02 Å². The maximum absolute atomic E-state index is 12.7. The van der Waals surface area contributed by atoms with Crippen LogP contribution in [0.5, 0.6) is 0 Å². The summed E-state index contributed by atoms with van der Waals surface area (Å²) in [5.41, 5.74) is 5.70. The van der Waals surface area contributed by atoms with E-state index in [0.29, 0.717) is 43.4 Å². The van der Waals surface area contributed by atoms with Crippen molar-refractivity contribution in [1.29, 1.82) is 0 Å². The van der Waals surface area contributed by atoms with Gasteiger partial charge in [0.25, 0.3) is 5.91 Å². The summed E-state index contributed by atoms with van der Waals surface area (Å²) in [4.78, 5) is 28.0. The topological polar surface area (TPSA) is 75.9 Å². The largest absolute Gasteiger partial charge is 0.371 e. The molecule has 1 aromatic rings. The normalized spacial score (nSPS) is 20.2. The van der Waals surface area contributed by atoms with Gasteiger partial charge in [0.2, 0.25) is 5.91 Å². The van der Waals surface area contributed by atoms with E-state index < -0.39 is 0 Å². The highest BCUT2D eigenvalue weighted by atomic mass is 35.5. The molecule has 2 heterocycles. The van der Waals surface area contributed by atoms with Crippen molar-refractivity contribution in [3.05, 3.63) is 34.9 Å². The number of hydrogen-bond donors (Lipinski definition) is 1. The summed E-state index contributed by atoms with van der Waals surface area (Å²) < 4.78 is 6.02. The number of nitrogens with two attached hydrogens (primary N) is 1. The molecule has 1 aromatic carbocycles. The first-order valence-electron chi connectivity index (χ1n) is 8.20. The van der Waals surface area contributed by atoms with Crippen LogP contribution in [0.15, 0.2) is 24.3 Å². The molecule has 2 aliphatic heterocycles. The van der Waals surface area contributed by atoms with E-state index in [1.165, 1.54) is 0 Å². The fourth-order valence-corrected chi connectivity index (χ4v) is 3.51. The summed E-state index contributed by atoms with van der Waals surface area (Å²) in [6.07, 6.45) is 1.45. The maximum atomic E-state index is 12.7. The van der Waals surface area contributed by atoms with Crippen LogP contribution in [0.4, 0.5) is 0 Å². The van der Waals surface area contributed by atoms with Crippen molar-refractivity contribution in [2.24, 2.45) is 5.73 Å². The van der Waals surface area contributed by atoms with E-state index in [2.05, 4.69) is 0 Å². The van der Waals surface area contributed by atoms with Crippen molar-refractivity contribution >= 4 is 23.4 Å². The molecule has 2 fully saturated rings. The average Bonchev–Trinajstić information content (AvgIpc) is 2.62. The number of morpholine rings is 1. The third-order valence-electron chi connectivity index (χ3n) is 4.83. The quantitative estimate of drug-likeness (QED) is 0.866. The van der Waals surface area contributed by atoms with Crippen LogP contribution in [-0.2, 0) is 9.53 Å². The maximum Gasteiger partial charge on any atom is 0.254 e. The number of carbonyl (C=O) groups is 2. The summed E-state index contributed by atoms with van der Waals surface area (Å²) in [6.45, 7) is 2.94. The molecule has 0 aromatic heterocycles. The van der Waals surface area contributed by atoms with Crippen LogP contribution in [0.3, 0.4) is 0 Å². The summed E-state index contributed by atoms with van der Waals surface area (Å²) >= 11 is 5.88. The highest BCUT2D eigenvalue weighted by Crippen LogP contribution is 2.30. The Morgan fingerprint density at radius 2 is 1.79 bits per heavy atom. The third-order valence-corrected chi connectivity index (χ3v) is 5.08. The molecule has 1 spiro atoms. The number of likely N-dealkylation sites (tertiary alicyclic amines) is 1. The molecule has 0 bridgehead atoms. The summed E-state index contributed by atoms with van der Waals surface area (Å²) in [5.74, 6) is -0.0374. The van der Waals surface area contributed by atoms with Gasteiger partial charge in [0, 0.05) is 30.2 Å². The second-order valence-electron chi connectivity index (χ2n) is 6.35. The molecule has 7 heteroatoms. The predicted molar refractivity (Wildman–Crippen MR) is 90.9 cm³/mol. The van der Waals surface area contributed by atoms with Crippen LogP contribution in [0, 0.1) is 0 Å². The first kappa shape index (κ1) is 17.2. The van der Waals surface area contributed by atoms with Crippen molar-refractivity contribution in [1.82, 2.24) is 9.80 Å². The minimum atomic E-state index is -0.355. The van der Waals surface area contributed by atoms with Gasteiger partial charge in [-0.25, -0.2) is 0 Å². The Balaban J connectivity index is 1.65. The Morgan fingerprint density at radius 3 is 2.42 bits per heavy atom. The number of rotatable bonds is 2. The second-order valence-corrected chi connectivity index (χ2v) is 6.79. The van der Waals surface area contributed by atoms with Gasteiger partial charge in [-0.15, -0.1) is 0 Å². The third kappa shape index (κ3) is 3.55. The monoisotopic (exact) mass is 351 g/mol. The smallest absolute Gasteiger partial charge is 0.254 e. The molecule has 2 N–H and O–H groups in total. The fraction of sp³-hybridized carbons (Fsp3) is 0.529. The zero-order chi connectivity index (χ0) is 17.2. The van der Waals surface area contributed by atoms with Crippen molar-refractivity contribution < 1.29 is 14.3 Å². The van der Waals surface area contributed by atoms with E-state index in [0.717, 1.165) is 12.8 Å². The number of carbonyl (C=O) groups excluding carboxylic acids is 2. The predicted octanol–water partition coefficient (Wildman–Crippen LogP) is 1.13. The average molecular weight is 352 g/mol. The van der Waals surface area contributed by atoms with Crippen LogP contribution in [0.1, 0.15) is 23.2 Å². The standard InChI is InChI=1S/C17H22ClN3O3/c18-14-3-1-13(2-4-14)16(23)21-9-10-24-17(12-21)5-7-20(8-6-17)15(22)11-19/h1-4H,5-12,19H2. The summed E-state index contributed by atoms with van der Waals surface area (Å²) in [6, 6.07) is 6.94. The summed E-state index contributed by atoms with van der Waals surface area (Å²) in [7, 11) is 0. The molecule has 0 atom stereocenters. The molecular weight excluding hydrogens is 330 g/mol. The lowest BCUT2D eigenvalue weighted by molar-refractivity contribution is -0.145. The number of piperidine rings is 1. The molecule has 2 aliphatic rings. The minimum absolute atomic E-state index is 0.00481. The van der Waals surface area contributed by atoms with Crippen molar-refractivity contribution in [2.45, 2.75) is 18.4 Å². The van der Waals surface area contributed by atoms with Gasteiger partial charge in [-0.1, -0.05) is 11.6 Å². The molecule has 130 valence electrons. The molecule has 3 rings (SSSR count). The molecule has 0 aliphatic carbocycles. The van der Waals surface area contributed by atoms with E-state index in [4.69, 9.17) is 22.1 Å². The van der Waals surface area contributed by atoms with Gasteiger partial charge in [0.05, 0.1) is 25.3 Å². The number of benzene rings is 1. The highest BCUT2D eigenvalue weighted by molar-refractivity contribution is 6.30. The Kier molecular flexibility index (Phi) is 5.08. The van der Waals surface area contributed by atoms with Gasteiger partial charge in [-0.3, -0.25) is 9.59 Å². The molecular formula is C17H22ClN3O3. The molecule has 0 radical (unpaired) electrons. The second kappa shape index (κ2) is 7.09.